The Bertz CT molecular complexity index is 626. The van der Waals surface area contributed by atoms with Crippen molar-refractivity contribution >= 4 is 35.7 Å². The zero-order valence-corrected chi connectivity index (χ0v) is 11.9. The highest BCUT2D eigenvalue weighted by atomic mass is 35.5. The Hall–Kier alpha value is -1.82. The molecule has 3 N–H and O–H groups in total. The van der Waals surface area contributed by atoms with Crippen LogP contribution in [0.2, 0.25) is 5.02 Å². The first kappa shape index (κ1) is 16.2. The van der Waals surface area contributed by atoms with E-state index in [1.807, 2.05) is 0 Å². The molecule has 0 aliphatic rings. The predicted molar refractivity (Wildman–Crippen MR) is 80.0 cm³/mol. The third-order valence-electron chi connectivity index (χ3n) is 2.53. The van der Waals surface area contributed by atoms with Crippen LogP contribution in [0.3, 0.4) is 0 Å². The molecule has 0 fully saturated rings. The number of amides is 1. The van der Waals surface area contributed by atoms with Crippen molar-refractivity contribution in [1.29, 1.82) is 0 Å². The average Bonchev–Trinajstić information content (AvgIpc) is 2.86. The van der Waals surface area contributed by atoms with Crippen LogP contribution in [-0.4, -0.2) is 22.9 Å². The van der Waals surface area contributed by atoms with Crippen LogP contribution in [0.4, 0.5) is 0 Å². The molecule has 0 saturated carbocycles. The number of halogens is 2. The quantitative estimate of drug-likeness (QED) is 0.845. The molecule has 1 aromatic carbocycles. The Labute approximate surface area is 127 Å². The van der Waals surface area contributed by atoms with Gasteiger partial charge < -0.3 is 5.73 Å². The van der Waals surface area contributed by atoms with Gasteiger partial charge >= 0.3 is 0 Å². The Morgan fingerprint density at radius 2 is 1.90 bits per heavy atom. The molecule has 0 unspecified atom stereocenters. The van der Waals surface area contributed by atoms with Gasteiger partial charge in [0.2, 0.25) is 5.78 Å². The number of hydrogen-bond donors (Lipinski definition) is 2. The fraction of sp³-hybridized carbons (Fsp3) is 0.0769. The van der Waals surface area contributed by atoms with Gasteiger partial charge in [0.15, 0.2) is 0 Å². The second-order valence-corrected chi connectivity index (χ2v) is 4.22. The van der Waals surface area contributed by atoms with Crippen LogP contribution in [0.15, 0.2) is 42.6 Å². The van der Waals surface area contributed by atoms with Crippen molar-refractivity contribution in [3.8, 4) is 0 Å². The fourth-order valence-electron chi connectivity index (χ4n) is 1.63. The van der Waals surface area contributed by atoms with E-state index in [1.165, 1.54) is 4.68 Å². The van der Waals surface area contributed by atoms with Crippen molar-refractivity contribution in [3.63, 3.8) is 0 Å². The molecule has 1 heterocycles. The summed E-state index contributed by atoms with van der Waals surface area (Å²) in [4.78, 5) is 23.6. The maximum absolute atomic E-state index is 12.3. The number of carbonyl (C=O) groups is 2. The van der Waals surface area contributed by atoms with E-state index < -0.39 is 0 Å². The van der Waals surface area contributed by atoms with Crippen LogP contribution in [0, 0.1) is 0 Å². The molecular weight excluding hydrogens is 301 g/mol. The van der Waals surface area contributed by atoms with E-state index in [9.17, 15) is 9.59 Å². The summed E-state index contributed by atoms with van der Waals surface area (Å²) in [6.07, 6.45) is 1.57. The lowest BCUT2D eigenvalue weighted by atomic mass is 10.1. The van der Waals surface area contributed by atoms with Crippen molar-refractivity contribution in [2.24, 2.45) is 5.73 Å². The van der Waals surface area contributed by atoms with Crippen molar-refractivity contribution < 1.29 is 9.59 Å². The lowest BCUT2D eigenvalue weighted by molar-refractivity contribution is -0.115. The van der Waals surface area contributed by atoms with E-state index in [2.05, 4.69) is 5.43 Å². The van der Waals surface area contributed by atoms with Crippen LogP contribution in [0.1, 0.15) is 16.1 Å². The van der Waals surface area contributed by atoms with Gasteiger partial charge in [0, 0.05) is 11.8 Å². The molecule has 7 heteroatoms. The summed E-state index contributed by atoms with van der Waals surface area (Å²) >= 11 is 5.98. The number of nitrogens with two attached hydrogens (primary N) is 1. The summed E-state index contributed by atoms with van der Waals surface area (Å²) in [7, 11) is 0. The predicted octanol–water partition coefficient (Wildman–Crippen LogP) is 1.82. The van der Waals surface area contributed by atoms with Gasteiger partial charge in [-0.25, -0.2) is 0 Å². The van der Waals surface area contributed by atoms with Crippen molar-refractivity contribution in [2.45, 2.75) is 0 Å². The number of hydrogen-bond acceptors (Lipinski definition) is 3. The monoisotopic (exact) mass is 313 g/mol. The van der Waals surface area contributed by atoms with E-state index in [0.717, 1.165) is 0 Å². The highest BCUT2D eigenvalue weighted by molar-refractivity contribution is 6.34. The summed E-state index contributed by atoms with van der Waals surface area (Å²) < 4.78 is 1.33. The Morgan fingerprint density at radius 3 is 2.55 bits per heavy atom. The molecule has 2 rings (SSSR count). The molecular formula is C13H13Cl2N3O2. The summed E-state index contributed by atoms with van der Waals surface area (Å²) in [5, 5.41) is 0.366. The first-order valence-electron chi connectivity index (χ1n) is 5.60. The molecule has 0 atom stereocenters. The average molecular weight is 314 g/mol. The molecule has 1 aromatic heterocycles. The first-order valence-corrected chi connectivity index (χ1v) is 5.98. The lowest BCUT2D eigenvalue weighted by Gasteiger charge is -2.10. The largest absolute Gasteiger partial charge is 0.322 e. The molecule has 0 aliphatic carbocycles. The molecule has 2 aromatic rings. The Morgan fingerprint density at radius 1 is 1.20 bits per heavy atom. The SMILES string of the molecule is Cl.NCC(=O)Nn1cccc1C(=O)c1ccccc1Cl. The number of carbonyl (C=O) groups excluding carboxylic acids is 2. The van der Waals surface area contributed by atoms with Crippen LogP contribution in [0.5, 0.6) is 0 Å². The van der Waals surface area contributed by atoms with Crippen molar-refractivity contribution in [3.05, 3.63) is 58.9 Å². The van der Waals surface area contributed by atoms with Crippen LogP contribution >= 0.6 is 24.0 Å². The standard InChI is InChI=1S/C13H12ClN3O2.ClH/c14-10-5-2-1-4-9(10)13(19)11-6-3-7-17(11)16-12(18)8-15;/h1-7H,8,15H2,(H,16,18);1H. The van der Waals surface area contributed by atoms with E-state index in [-0.39, 0.29) is 30.6 Å². The Kier molecular flexibility index (Phi) is 5.76. The summed E-state index contributed by atoms with van der Waals surface area (Å²) in [6, 6.07) is 10.00. The second-order valence-electron chi connectivity index (χ2n) is 3.81. The minimum Gasteiger partial charge on any atom is -0.322 e. The zero-order chi connectivity index (χ0) is 13.8. The number of aromatic nitrogens is 1. The third kappa shape index (κ3) is 3.39. The molecule has 0 radical (unpaired) electrons. The molecule has 20 heavy (non-hydrogen) atoms. The van der Waals surface area contributed by atoms with Gasteiger partial charge in [-0.3, -0.25) is 19.7 Å². The normalized spacial score (nSPS) is 9.70. The molecule has 0 aliphatic heterocycles. The summed E-state index contributed by atoms with van der Waals surface area (Å²) in [5.74, 6) is -0.655. The molecule has 0 saturated heterocycles. The maximum Gasteiger partial charge on any atom is 0.252 e. The Balaban J connectivity index is 0.00000200. The second kappa shape index (κ2) is 7.09. The smallest absolute Gasteiger partial charge is 0.252 e. The fourth-order valence-corrected chi connectivity index (χ4v) is 1.85. The van der Waals surface area contributed by atoms with Gasteiger partial charge in [-0.15, -0.1) is 12.4 Å². The molecule has 1 amide bonds. The zero-order valence-electron chi connectivity index (χ0n) is 10.4. The van der Waals surface area contributed by atoms with Gasteiger partial charge in [0.25, 0.3) is 5.91 Å². The van der Waals surface area contributed by atoms with Gasteiger partial charge in [0.05, 0.1) is 11.6 Å². The van der Waals surface area contributed by atoms with Gasteiger partial charge in [-0.1, -0.05) is 23.7 Å². The lowest BCUT2D eigenvalue weighted by Crippen LogP contribution is -2.30. The van der Waals surface area contributed by atoms with Crippen LogP contribution in [0.25, 0.3) is 0 Å². The molecule has 0 spiro atoms. The molecule has 106 valence electrons. The van der Waals surface area contributed by atoms with E-state index in [1.54, 1.807) is 42.6 Å². The van der Waals surface area contributed by atoms with Gasteiger partial charge in [0.1, 0.15) is 5.69 Å². The maximum atomic E-state index is 12.3. The topological polar surface area (TPSA) is 77.1 Å². The number of rotatable bonds is 4. The van der Waals surface area contributed by atoms with Crippen LogP contribution in [-0.2, 0) is 4.79 Å². The van der Waals surface area contributed by atoms with Gasteiger partial charge in [-0.05, 0) is 24.3 Å². The molecule has 5 nitrogen and oxygen atoms in total. The molecule has 0 bridgehead atoms. The summed E-state index contributed by atoms with van der Waals surface area (Å²) in [6.45, 7) is -0.155. The van der Waals surface area contributed by atoms with Crippen molar-refractivity contribution in [2.75, 3.05) is 12.0 Å². The van der Waals surface area contributed by atoms with Gasteiger partial charge in [-0.2, -0.15) is 0 Å². The summed E-state index contributed by atoms with van der Waals surface area (Å²) in [5.41, 5.74) is 8.41. The number of benzene rings is 1. The first-order chi connectivity index (χ1) is 9.13. The number of ketones is 1. The highest BCUT2D eigenvalue weighted by Gasteiger charge is 2.16. The number of nitrogens with one attached hydrogen (secondary N) is 1. The number of nitrogens with zero attached hydrogens (tertiary/aromatic N) is 1. The van der Waals surface area contributed by atoms with E-state index in [4.69, 9.17) is 17.3 Å². The van der Waals surface area contributed by atoms with Crippen LogP contribution < -0.4 is 11.2 Å². The van der Waals surface area contributed by atoms with E-state index in [0.29, 0.717) is 16.3 Å². The third-order valence-corrected chi connectivity index (χ3v) is 2.86. The highest BCUT2D eigenvalue weighted by Crippen LogP contribution is 2.19. The van der Waals surface area contributed by atoms with E-state index >= 15 is 0 Å². The van der Waals surface area contributed by atoms with Crippen molar-refractivity contribution in [1.82, 2.24) is 4.68 Å². The minimum absolute atomic E-state index is 0. The minimum atomic E-state index is -0.385.